The molecule has 1 N–H and O–H groups in total. The lowest BCUT2D eigenvalue weighted by atomic mass is 9.88. The highest BCUT2D eigenvalue weighted by atomic mass is 14.9. The summed E-state index contributed by atoms with van der Waals surface area (Å²) in [6, 6.07) is 0. The Morgan fingerprint density at radius 2 is 1.69 bits per heavy atom. The summed E-state index contributed by atoms with van der Waals surface area (Å²) in [6.45, 7) is 9.62. The standard InChI is InChI=1S/C15H31N/c1-13(2)5-4-6-14(3)7-8-15-9-11-16-12-10-15/h13-16H,4-12H2,1-3H3. The van der Waals surface area contributed by atoms with Crippen molar-refractivity contribution in [2.75, 3.05) is 13.1 Å². The van der Waals surface area contributed by atoms with E-state index in [4.69, 9.17) is 0 Å². The first kappa shape index (κ1) is 14.0. The molecule has 1 rings (SSSR count). The fourth-order valence-corrected chi connectivity index (χ4v) is 2.71. The van der Waals surface area contributed by atoms with Crippen molar-refractivity contribution < 1.29 is 0 Å². The summed E-state index contributed by atoms with van der Waals surface area (Å²) in [7, 11) is 0. The third-order valence-electron chi connectivity index (χ3n) is 4.00. The fraction of sp³-hybridized carbons (Fsp3) is 1.00. The molecular formula is C15H31N. The van der Waals surface area contributed by atoms with Crippen molar-refractivity contribution in [3.05, 3.63) is 0 Å². The van der Waals surface area contributed by atoms with Crippen molar-refractivity contribution in [1.82, 2.24) is 5.32 Å². The van der Waals surface area contributed by atoms with E-state index in [1.165, 1.54) is 58.0 Å². The molecule has 0 aromatic rings. The Balaban J connectivity index is 1.98. The molecule has 1 heteroatoms. The van der Waals surface area contributed by atoms with E-state index in [0.717, 1.165) is 17.8 Å². The Bertz CT molecular complexity index is 159. The van der Waals surface area contributed by atoms with Crippen LogP contribution in [0.15, 0.2) is 0 Å². The molecular weight excluding hydrogens is 194 g/mol. The second-order valence-corrected chi connectivity index (χ2v) is 6.20. The highest BCUT2D eigenvalue weighted by Gasteiger charge is 2.14. The minimum absolute atomic E-state index is 0.886. The number of rotatable bonds is 7. The van der Waals surface area contributed by atoms with E-state index in [2.05, 4.69) is 26.1 Å². The summed E-state index contributed by atoms with van der Waals surface area (Å²) in [6.07, 6.45) is 10.1. The van der Waals surface area contributed by atoms with E-state index in [9.17, 15) is 0 Å². The SMILES string of the molecule is CC(C)CCCC(C)CCC1CCNCC1. The van der Waals surface area contributed by atoms with E-state index in [1.807, 2.05) is 0 Å². The lowest BCUT2D eigenvalue weighted by Gasteiger charge is -2.23. The molecule has 1 unspecified atom stereocenters. The van der Waals surface area contributed by atoms with Crippen LogP contribution in [0.25, 0.3) is 0 Å². The quantitative estimate of drug-likeness (QED) is 0.684. The van der Waals surface area contributed by atoms with Crippen LogP contribution in [0.5, 0.6) is 0 Å². The molecule has 96 valence electrons. The number of nitrogens with one attached hydrogen (secondary N) is 1. The first-order chi connectivity index (χ1) is 7.68. The van der Waals surface area contributed by atoms with Gasteiger partial charge in [0.05, 0.1) is 0 Å². The maximum atomic E-state index is 3.45. The smallest absolute Gasteiger partial charge is 0.00463 e. The van der Waals surface area contributed by atoms with Gasteiger partial charge >= 0.3 is 0 Å². The second kappa shape index (κ2) is 8.11. The summed E-state index contributed by atoms with van der Waals surface area (Å²) in [4.78, 5) is 0. The van der Waals surface area contributed by atoms with Crippen LogP contribution in [0.4, 0.5) is 0 Å². The first-order valence-corrected chi connectivity index (χ1v) is 7.39. The minimum Gasteiger partial charge on any atom is -0.317 e. The predicted molar refractivity (Wildman–Crippen MR) is 72.7 cm³/mol. The molecule has 0 amide bonds. The molecule has 16 heavy (non-hydrogen) atoms. The molecule has 0 aromatic heterocycles. The third-order valence-corrected chi connectivity index (χ3v) is 4.00. The molecule has 1 aliphatic heterocycles. The van der Waals surface area contributed by atoms with E-state index in [1.54, 1.807) is 0 Å². The summed E-state index contributed by atoms with van der Waals surface area (Å²) in [5.41, 5.74) is 0. The molecule has 1 atom stereocenters. The van der Waals surface area contributed by atoms with E-state index < -0.39 is 0 Å². The molecule has 0 bridgehead atoms. The van der Waals surface area contributed by atoms with Crippen LogP contribution in [0, 0.1) is 17.8 Å². The Morgan fingerprint density at radius 1 is 1.00 bits per heavy atom. The van der Waals surface area contributed by atoms with Crippen molar-refractivity contribution in [2.45, 2.75) is 65.7 Å². The first-order valence-electron chi connectivity index (χ1n) is 7.39. The molecule has 1 nitrogen and oxygen atoms in total. The van der Waals surface area contributed by atoms with Gasteiger partial charge in [-0.1, -0.05) is 52.9 Å². The highest BCUT2D eigenvalue weighted by molar-refractivity contribution is 4.69. The van der Waals surface area contributed by atoms with Crippen LogP contribution in [-0.2, 0) is 0 Å². The average molecular weight is 225 g/mol. The predicted octanol–water partition coefficient (Wildman–Crippen LogP) is 4.23. The zero-order valence-corrected chi connectivity index (χ0v) is 11.6. The molecule has 1 fully saturated rings. The molecule has 0 aromatic carbocycles. The van der Waals surface area contributed by atoms with Crippen molar-refractivity contribution in [3.63, 3.8) is 0 Å². The average Bonchev–Trinajstić information content (AvgIpc) is 2.27. The van der Waals surface area contributed by atoms with Crippen molar-refractivity contribution in [3.8, 4) is 0 Å². The Hall–Kier alpha value is -0.0400. The number of piperidine rings is 1. The van der Waals surface area contributed by atoms with Gasteiger partial charge in [0.25, 0.3) is 0 Å². The molecule has 0 saturated carbocycles. The van der Waals surface area contributed by atoms with Gasteiger partial charge in [-0.05, 0) is 43.7 Å². The molecule has 1 saturated heterocycles. The lowest BCUT2D eigenvalue weighted by Crippen LogP contribution is -2.27. The van der Waals surface area contributed by atoms with Gasteiger partial charge in [0.15, 0.2) is 0 Å². The Kier molecular flexibility index (Phi) is 7.11. The van der Waals surface area contributed by atoms with Crippen LogP contribution < -0.4 is 5.32 Å². The van der Waals surface area contributed by atoms with Gasteiger partial charge in [0.2, 0.25) is 0 Å². The maximum Gasteiger partial charge on any atom is -0.00463 e. The molecule has 0 spiro atoms. The summed E-state index contributed by atoms with van der Waals surface area (Å²) >= 11 is 0. The molecule has 1 heterocycles. The van der Waals surface area contributed by atoms with Gasteiger partial charge in [0.1, 0.15) is 0 Å². The van der Waals surface area contributed by atoms with E-state index >= 15 is 0 Å². The Labute approximate surface area is 102 Å². The topological polar surface area (TPSA) is 12.0 Å². The van der Waals surface area contributed by atoms with E-state index in [-0.39, 0.29) is 0 Å². The zero-order chi connectivity index (χ0) is 11.8. The summed E-state index contributed by atoms with van der Waals surface area (Å²) in [5.74, 6) is 2.86. The minimum atomic E-state index is 0.886. The van der Waals surface area contributed by atoms with Crippen LogP contribution in [0.2, 0.25) is 0 Å². The van der Waals surface area contributed by atoms with Gasteiger partial charge in [-0.25, -0.2) is 0 Å². The summed E-state index contributed by atoms with van der Waals surface area (Å²) in [5, 5.41) is 3.45. The van der Waals surface area contributed by atoms with Crippen molar-refractivity contribution in [1.29, 1.82) is 0 Å². The van der Waals surface area contributed by atoms with Crippen LogP contribution in [-0.4, -0.2) is 13.1 Å². The van der Waals surface area contributed by atoms with Crippen LogP contribution >= 0.6 is 0 Å². The number of hydrogen-bond acceptors (Lipinski definition) is 1. The molecule has 0 aliphatic carbocycles. The van der Waals surface area contributed by atoms with Gasteiger partial charge in [-0.2, -0.15) is 0 Å². The fourth-order valence-electron chi connectivity index (χ4n) is 2.71. The van der Waals surface area contributed by atoms with E-state index in [0.29, 0.717) is 0 Å². The molecule has 1 aliphatic rings. The maximum absolute atomic E-state index is 3.45. The lowest BCUT2D eigenvalue weighted by molar-refractivity contribution is 0.315. The Morgan fingerprint density at radius 3 is 2.31 bits per heavy atom. The highest BCUT2D eigenvalue weighted by Crippen LogP contribution is 2.23. The zero-order valence-electron chi connectivity index (χ0n) is 11.6. The van der Waals surface area contributed by atoms with Crippen molar-refractivity contribution in [2.24, 2.45) is 17.8 Å². The largest absolute Gasteiger partial charge is 0.317 e. The molecule has 0 radical (unpaired) electrons. The van der Waals surface area contributed by atoms with Gasteiger partial charge in [-0.3, -0.25) is 0 Å². The third kappa shape index (κ3) is 6.52. The van der Waals surface area contributed by atoms with Crippen molar-refractivity contribution >= 4 is 0 Å². The van der Waals surface area contributed by atoms with Gasteiger partial charge < -0.3 is 5.32 Å². The van der Waals surface area contributed by atoms with Crippen LogP contribution in [0.1, 0.15) is 65.7 Å². The normalized spacial score (nSPS) is 20.2. The van der Waals surface area contributed by atoms with Crippen LogP contribution in [0.3, 0.4) is 0 Å². The van der Waals surface area contributed by atoms with Gasteiger partial charge in [-0.15, -0.1) is 0 Å². The number of hydrogen-bond donors (Lipinski definition) is 1. The summed E-state index contributed by atoms with van der Waals surface area (Å²) < 4.78 is 0. The van der Waals surface area contributed by atoms with Gasteiger partial charge in [0, 0.05) is 0 Å². The second-order valence-electron chi connectivity index (χ2n) is 6.20. The monoisotopic (exact) mass is 225 g/mol.